The zero-order valence-electron chi connectivity index (χ0n) is 7.77. The van der Waals surface area contributed by atoms with Crippen molar-refractivity contribution in [2.75, 3.05) is 0 Å². The fourth-order valence-electron chi connectivity index (χ4n) is 1.30. The average Bonchev–Trinajstić information content (AvgIpc) is 2.87. The van der Waals surface area contributed by atoms with Gasteiger partial charge in [0.05, 0.1) is 11.8 Å². The molecule has 5 nitrogen and oxygen atoms in total. The summed E-state index contributed by atoms with van der Waals surface area (Å²) in [5.41, 5.74) is 1.15. The molecule has 0 radical (unpaired) electrons. The van der Waals surface area contributed by atoms with Crippen LogP contribution in [0.3, 0.4) is 0 Å². The van der Waals surface area contributed by atoms with Crippen LogP contribution in [0.5, 0.6) is 0 Å². The number of aromatic amines is 1. The number of hydrogen-bond donors (Lipinski definition) is 1. The summed E-state index contributed by atoms with van der Waals surface area (Å²) in [5.74, 6) is -0.0573. The molecule has 2 rings (SSSR count). The maximum atomic E-state index is 11.8. The molecule has 0 fully saturated rings. The highest BCUT2D eigenvalue weighted by Crippen LogP contribution is 2.07. The van der Waals surface area contributed by atoms with E-state index in [0.29, 0.717) is 17.8 Å². The molecule has 2 aromatic heterocycles. The molecule has 5 heteroatoms. The summed E-state index contributed by atoms with van der Waals surface area (Å²) in [5, 5.41) is 10.4. The van der Waals surface area contributed by atoms with E-state index in [1.807, 2.05) is 6.92 Å². The summed E-state index contributed by atoms with van der Waals surface area (Å²) in [4.78, 5) is 11.8. The first-order chi connectivity index (χ1) is 6.83. The summed E-state index contributed by atoms with van der Waals surface area (Å²) >= 11 is 0. The van der Waals surface area contributed by atoms with E-state index in [2.05, 4.69) is 15.3 Å². The third-order valence-electron chi connectivity index (χ3n) is 2.01. The number of carbonyl (C=O) groups excluding carboxylic acids is 1. The number of aryl methyl sites for hydroxylation is 1. The van der Waals surface area contributed by atoms with Crippen molar-refractivity contribution in [3.63, 3.8) is 0 Å². The normalized spacial score (nSPS) is 10.4. The van der Waals surface area contributed by atoms with Gasteiger partial charge in [0.2, 0.25) is 5.78 Å². The van der Waals surface area contributed by atoms with Crippen molar-refractivity contribution in [1.82, 2.24) is 20.0 Å². The minimum absolute atomic E-state index is 0.0573. The van der Waals surface area contributed by atoms with Crippen LogP contribution in [0, 0.1) is 0 Å². The van der Waals surface area contributed by atoms with Crippen LogP contribution in [0.1, 0.15) is 23.0 Å². The van der Waals surface area contributed by atoms with Crippen molar-refractivity contribution in [1.29, 1.82) is 0 Å². The van der Waals surface area contributed by atoms with Crippen LogP contribution in [0.25, 0.3) is 0 Å². The number of carbonyl (C=O) groups is 1. The van der Waals surface area contributed by atoms with E-state index in [-0.39, 0.29) is 5.78 Å². The van der Waals surface area contributed by atoms with Gasteiger partial charge in [-0.3, -0.25) is 14.6 Å². The topological polar surface area (TPSA) is 63.6 Å². The Morgan fingerprint density at radius 1 is 1.64 bits per heavy atom. The quantitative estimate of drug-likeness (QED) is 0.730. The molecule has 0 amide bonds. The van der Waals surface area contributed by atoms with E-state index < -0.39 is 0 Å². The molecule has 0 unspecified atom stereocenters. The Morgan fingerprint density at radius 2 is 2.50 bits per heavy atom. The summed E-state index contributed by atoms with van der Waals surface area (Å²) in [7, 11) is 0. The maximum Gasteiger partial charge on any atom is 0.214 e. The van der Waals surface area contributed by atoms with Gasteiger partial charge in [-0.25, -0.2) is 0 Å². The van der Waals surface area contributed by atoms with Crippen molar-refractivity contribution in [3.05, 3.63) is 35.9 Å². The van der Waals surface area contributed by atoms with Gasteiger partial charge in [-0.1, -0.05) is 0 Å². The van der Waals surface area contributed by atoms with Crippen molar-refractivity contribution in [3.8, 4) is 0 Å². The predicted octanol–water partition coefficient (Wildman–Crippen LogP) is 0.857. The summed E-state index contributed by atoms with van der Waals surface area (Å²) in [6, 6.07) is 1.71. The highest BCUT2D eigenvalue weighted by atomic mass is 16.1. The van der Waals surface area contributed by atoms with E-state index in [9.17, 15) is 4.79 Å². The van der Waals surface area contributed by atoms with Gasteiger partial charge in [-0.2, -0.15) is 10.2 Å². The van der Waals surface area contributed by atoms with Crippen LogP contribution >= 0.6 is 0 Å². The fourth-order valence-corrected chi connectivity index (χ4v) is 1.30. The lowest BCUT2D eigenvalue weighted by molar-refractivity contribution is 0.102. The van der Waals surface area contributed by atoms with Gasteiger partial charge >= 0.3 is 0 Å². The van der Waals surface area contributed by atoms with Crippen LogP contribution in [-0.4, -0.2) is 25.8 Å². The SMILES string of the molecule is CCn1nccc1C(=O)c1cn[nH]c1. The number of aromatic nitrogens is 4. The van der Waals surface area contributed by atoms with E-state index in [0.717, 1.165) is 0 Å². The molecule has 0 aliphatic rings. The fraction of sp³-hybridized carbons (Fsp3) is 0.222. The van der Waals surface area contributed by atoms with Crippen LogP contribution in [0.15, 0.2) is 24.7 Å². The molecule has 14 heavy (non-hydrogen) atoms. The first kappa shape index (κ1) is 8.68. The third-order valence-corrected chi connectivity index (χ3v) is 2.01. The second-order valence-corrected chi connectivity index (χ2v) is 2.85. The maximum absolute atomic E-state index is 11.8. The van der Waals surface area contributed by atoms with Gasteiger partial charge < -0.3 is 0 Å². The van der Waals surface area contributed by atoms with Crippen molar-refractivity contribution in [2.45, 2.75) is 13.5 Å². The zero-order valence-corrected chi connectivity index (χ0v) is 7.77. The smallest absolute Gasteiger partial charge is 0.214 e. The lowest BCUT2D eigenvalue weighted by Gasteiger charge is -2.00. The van der Waals surface area contributed by atoms with Crippen molar-refractivity contribution < 1.29 is 4.79 Å². The number of ketones is 1. The van der Waals surface area contributed by atoms with E-state index in [4.69, 9.17) is 0 Å². The zero-order chi connectivity index (χ0) is 9.97. The lowest BCUT2D eigenvalue weighted by atomic mass is 10.2. The minimum Gasteiger partial charge on any atom is -0.287 e. The number of nitrogens with one attached hydrogen (secondary N) is 1. The number of nitrogens with zero attached hydrogens (tertiary/aromatic N) is 3. The molecule has 0 bridgehead atoms. The predicted molar refractivity (Wildman–Crippen MR) is 49.9 cm³/mol. The van der Waals surface area contributed by atoms with Crippen molar-refractivity contribution >= 4 is 5.78 Å². The molecule has 1 N–H and O–H groups in total. The van der Waals surface area contributed by atoms with Gasteiger partial charge in [-0.05, 0) is 13.0 Å². The van der Waals surface area contributed by atoms with Crippen LogP contribution in [-0.2, 0) is 6.54 Å². The van der Waals surface area contributed by atoms with Crippen LogP contribution < -0.4 is 0 Å². The molecule has 0 spiro atoms. The molecule has 0 aliphatic heterocycles. The second-order valence-electron chi connectivity index (χ2n) is 2.85. The van der Waals surface area contributed by atoms with Gasteiger partial charge in [0.1, 0.15) is 5.69 Å². The van der Waals surface area contributed by atoms with Gasteiger partial charge in [0.15, 0.2) is 0 Å². The van der Waals surface area contributed by atoms with E-state index >= 15 is 0 Å². The Labute approximate surface area is 80.7 Å². The Balaban J connectivity index is 2.36. The summed E-state index contributed by atoms with van der Waals surface area (Å²) in [6.07, 6.45) is 4.71. The van der Waals surface area contributed by atoms with E-state index in [1.54, 1.807) is 23.1 Å². The number of hydrogen-bond acceptors (Lipinski definition) is 3. The molecule has 2 heterocycles. The van der Waals surface area contributed by atoms with Gasteiger partial charge in [-0.15, -0.1) is 0 Å². The molecular weight excluding hydrogens is 180 g/mol. The van der Waals surface area contributed by atoms with Crippen LogP contribution in [0.2, 0.25) is 0 Å². The van der Waals surface area contributed by atoms with Crippen LogP contribution in [0.4, 0.5) is 0 Å². The Kier molecular flexibility index (Phi) is 2.14. The Bertz CT molecular complexity index is 429. The van der Waals surface area contributed by atoms with Crippen molar-refractivity contribution in [2.24, 2.45) is 0 Å². The second kappa shape index (κ2) is 3.45. The third kappa shape index (κ3) is 1.32. The first-order valence-corrected chi connectivity index (χ1v) is 4.38. The average molecular weight is 190 g/mol. The molecule has 0 saturated carbocycles. The molecular formula is C9H10N4O. The summed E-state index contributed by atoms with van der Waals surface area (Å²) in [6.45, 7) is 2.63. The molecule has 0 saturated heterocycles. The Morgan fingerprint density at radius 3 is 3.14 bits per heavy atom. The summed E-state index contributed by atoms with van der Waals surface area (Å²) < 4.78 is 1.66. The largest absolute Gasteiger partial charge is 0.287 e. The standard InChI is InChI=1S/C9H10N4O/c1-2-13-8(3-4-12-13)9(14)7-5-10-11-6-7/h3-6H,2H2,1H3,(H,10,11). The van der Waals surface area contributed by atoms with Gasteiger partial charge in [0, 0.05) is 18.9 Å². The Hall–Kier alpha value is -1.91. The minimum atomic E-state index is -0.0573. The molecule has 0 atom stereocenters. The number of rotatable bonds is 3. The van der Waals surface area contributed by atoms with Gasteiger partial charge in [0.25, 0.3) is 0 Å². The highest BCUT2D eigenvalue weighted by molar-refractivity contribution is 6.07. The first-order valence-electron chi connectivity index (χ1n) is 4.38. The lowest BCUT2D eigenvalue weighted by Crippen LogP contribution is -2.09. The molecule has 0 aromatic carbocycles. The number of H-pyrrole nitrogens is 1. The molecule has 72 valence electrons. The highest BCUT2D eigenvalue weighted by Gasteiger charge is 2.13. The monoisotopic (exact) mass is 190 g/mol. The van der Waals surface area contributed by atoms with E-state index in [1.165, 1.54) is 6.20 Å². The molecule has 2 aromatic rings. The molecule has 0 aliphatic carbocycles.